The number of fused-ring (bicyclic) bond motifs is 1. The van der Waals surface area contributed by atoms with Crippen LogP contribution in [0.1, 0.15) is 16.0 Å². The fourth-order valence-electron chi connectivity index (χ4n) is 2.71. The van der Waals surface area contributed by atoms with Gasteiger partial charge in [-0.1, -0.05) is 11.6 Å². The van der Waals surface area contributed by atoms with Gasteiger partial charge in [-0.15, -0.1) is 11.3 Å². The average Bonchev–Trinajstić information content (AvgIpc) is 3.02. The van der Waals surface area contributed by atoms with Gasteiger partial charge in [0, 0.05) is 29.1 Å². The van der Waals surface area contributed by atoms with Crippen molar-refractivity contribution in [1.82, 2.24) is 4.90 Å². The van der Waals surface area contributed by atoms with E-state index in [1.54, 1.807) is 24.5 Å². The number of carbonyl (C=O) groups is 1. The molecule has 1 aliphatic rings. The summed E-state index contributed by atoms with van der Waals surface area (Å²) in [6.07, 6.45) is 0.947. The van der Waals surface area contributed by atoms with Gasteiger partial charge >= 0.3 is 0 Å². The number of ether oxygens (including phenoxy) is 1. The molecule has 0 fully saturated rings. The highest BCUT2D eigenvalue weighted by Crippen LogP contribution is 2.31. The molecule has 4 nitrogen and oxygen atoms in total. The molecule has 0 saturated heterocycles. The zero-order valence-electron chi connectivity index (χ0n) is 13.2. The molecule has 0 unspecified atom stereocenters. The van der Waals surface area contributed by atoms with Gasteiger partial charge in [-0.25, -0.2) is 0 Å². The van der Waals surface area contributed by atoms with Crippen LogP contribution in [-0.4, -0.2) is 31.0 Å². The number of halogens is 1. The summed E-state index contributed by atoms with van der Waals surface area (Å²) < 4.78 is 5.32. The zero-order chi connectivity index (χ0) is 16.4. The van der Waals surface area contributed by atoms with Crippen molar-refractivity contribution in [2.75, 3.05) is 25.5 Å². The first-order valence-corrected chi connectivity index (χ1v) is 8.75. The van der Waals surface area contributed by atoms with Gasteiger partial charge < -0.3 is 15.0 Å². The van der Waals surface area contributed by atoms with E-state index >= 15 is 0 Å². The lowest BCUT2D eigenvalue weighted by molar-refractivity contribution is -0.130. The standard InChI is InChI=1S/C17H19ClN2O2S/c1-11-7-14(15(22-2)8-13(11)18)19-9-17(21)20-5-3-16-12(10-20)4-6-23-16/h4,6-8,19H,3,5,9-10H2,1-2H3. The van der Waals surface area contributed by atoms with Crippen molar-refractivity contribution in [2.45, 2.75) is 19.9 Å². The normalized spacial score (nSPS) is 13.6. The van der Waals surface area contributed by atoms with Gasteiger partial charge in [-0.05, 0) is 42.0 Å². The van der Waals surface area contributed by atoms with Gasteiger partial charge in [0.25, 0.3) is 0 Å². The van der Waals surface area contributed by atoms with Crippen molar-refractivity contribution >= 4 is 34.5 Å². The summed E-state index contributed by atoms with van der Waals surface area (Å²) in [5.41, 5.74) is 3.01. The Balaban J connectivity index is 1.65. The molecule has 1 aliphatic heterocycles. The van der Waals surface area contributed by atoms with Crippen LogP contribution in [0.2, 0.25) is 5.02 Å². The monoisotopic (exact) mass is 350 g/mol. The van der Waals surface area contributed by atoms with Crippen LogP contribution in [-0.2, 0) is 17.8 Å². The Morgan fingerprint density at radius 3 is 3.09 bits per heavy atom. The Kier molecular flexibility index (Phi) is 4.78. The molecule has 0 aliphatic carbocycles. The molecule has 1 aromatic carbocycles. The Labute approximate surface area is 145 Å². The summed E-state index contributed by atoms with van der Waals surface area (Å²) in [7, 11) is 1.59. The maximum Gasteiger partial charge on any atom is 0.242 e. The summed E-state index contributed by atoms with van der Waals surface area (Å²) in [4.78, 5) is 15.8. The lowest BCUT2D eigenvalue weighted by Gasteiger charge is -2.27. The van der Waals surface area contributed by atoms with E-state index in [4.69, 9.17) is 16.3 Å². The Morgan fingerprint density at radius 1 is 1.48 bits per heavy atom. The molecule has 0 radical (unpaired) electrons. The van der Waals surface area contributed by atoms with Gasteiger partial charge in [0.1, 0.15) is 5.75 Å². The Morgan fingerprint density at radius 2 is 2.30 bits per heavy atom. The van der Waals surface area contributed by atoms with Crippen molar-refractivity contribution in [3.8, 4) is 5.75 Å². The molecular weight excluding hydrogens is 332 g/mol. The Bertz CT molecular complexity index is 729. The van der Waals surface area contributed by atoms with E-state index < -0.39 is 0 Å². The van der Waals surface area contributed by atoms with Crippen molar-refractivity contribution < 1.29 is 9.53 Å². The van der Waals surface area contributed by atoms with E-state index in [1.807, 2.05) is 17.9 Å². The van der Waals surface area contributed by atoms with E-state index in [1.165, 1.54) is 10.4 Å². The summed E-state index contributed by atoms with van der Waals surface area (Å²) in [6, 6.07) is 5.78. The maximum absolute atomic E-state index is 12.5. The fraction of sp³-hybridized carbons (Fsp3) is 0.353. The summed E-state index contributed by atoms with van der Waals surface area (Å²) in [6.45, 7) is 3.66. The van der Waals surface area contributed by atoms with E-state index in [2.05, 4.69) is 16.8 Å². The van der Waals surface area contributed by atoms with Crippen LogP contribution in [0.3, 0.4) is 0 Å². The number of rotatable bonds is 4. The van der Waals surface area contributed by atoms with E-state index in [-0.39, 0.29) is 12.5 Å². The SMILES string of the molecule is COc1cc(Cl)c(C)cc1NCC(=O)N1CCc2sccc2C1. The van der Waals surface area contributed by atoms with Crippen molar-refractivity contribution in [3.63, 3.8) is 0 Å². The highest BCUT2D eigenvalue weighted by atomic mass is 35.5. The molecule has 1 aromatic heterocycles. The minimum Gasteiger partial charge on any atom is -0.495 e. The predicted molar refractivity (Wildman–Crippen MR) is 94.7 cm³/mol. The second-order valence-electron chi connectivity index (χ2n) is 5.59. The molecule has 0 saturated carbocycles. The van der Waals surface area contributed by atoms with Crippen LogP contribution < -0.4 is 10.1 Å². The predicted octanol–water partition coefficient (Wildman–Crippen LogP) is 3.72. The first kappa shape index (κ1) is 16.1. The van der Waals surface area contributed by atoms with Crippen LogP contribution in [0.15, 0.2) is 23.6 Å². The summed E-state index contributed by atoms with van der Waals surface area (Å²) in [5, 5.41) is 5.92. The number of amides is 1. The highest BCUT2D eigenvalue weighted by Gasteiger charge is 2.21. The van der Waals surface area contributed by atoms with Crippen molar-refractivity contribution in [2.24, 2.45) is 0 Å². The molecule has 122 valence electrons. The van der Waals surface area contributed by atoms with Crippen LogP contribution in [0.4, 0.5) is 5.69 Å². The number of anilines is 1. The minimum atomic E-state index is 0.0940. The van der Waals surface area contributed by atoms with Crippen LogP contribution >= 0.6 is 22.9 Å². The fourth-order valence-corrected chi connectivity index (χ4v) is 3.76. The van der Waals surface area contributed by atoms with Crippen LogP contribution in [0.5, 0.6) is 5.75 Å². The molecule has 0 bridgehead atoms. The molecule has 23 heavy (non-hydrogen) atoms. The summed E-state index contributed by atoms with van der Waals surface area (Å²) >= 11 is 7.88. The molecule has 1 amide bonds. The number of benzene rings is 1. The topological polar surface area (TPSA) is 41.6 Å². The molecule has 0 spiro atoms. The first-order chi connectivity index (χ1) is 11.1. The maximum atomic E-state index is 12.5. The lowest BCUT2D eigenvalue weighted by Crippen LogP contribution is -2.38. The van der Waals surface area contributed by atoms with Gasteiger partial charge in [-0.2, -0.15) is 0 Å². The number of nitrogens with one attached hydrogen (secondary N) is 1. The largest absolute Gasteiger partial charge is 0.495 e. The van der Waals surface area contributed by atoms with E-state index in [0.717, 1.165) is 24.2 Å². The summed E-state index contributed by atoms with van der Waals surface area (Å²) in [5.74, 6) is 0.740. The third-order valence-electron chi connectivity index (χ3n) is 4.07. The number of methoxy groups -OCH3 is 1. The number of aryl methyl sites for hydroxylation is 1. The molecule has 1 N–H and O–H groups in total. The number of hydrogen-bond donors (Lipinski definition) is 1. The van der Waals surface area contributed by atoms with E-state index in [9.17, 15) is 4.79 Å². The molecule has 6 heteroatoms. The molecule has 2 aromatic rings. The highest BCUT2D eigenvalue weighted by molar-refractivity contribution is 7.10. The number of hydrogen-bond acceptors (Lipinski definition) is 4. The third kappa shape index (κ3) is 3.46. The van der Waals surface area contributed by atoms with Gasteiger partial charge in [0.05, 0.1) is 19.3 Å². The second-order valence-corrected chi connectivity index (χ2v) is 7.00. The number of nitrogens with zero attached hydrogens (tertiary/aromatic N) is 1. The quantitative estimate of drug-likeness (QED) is 0.913. The van der Waals surface area contributed by atoms with Crippen LogP contribution in [0, 0.1) is 6.92 Å². The lowest BCUT2D eigenvalue weighted by atomic mass is 10.1. The van der Waals surface area contributed by atoms with Crippen molar-refractivity contribution in [1.29, 1.82) is 0 Å². The Hall–Kier alpha value is -1.72. The van der Waals surface area contributed by atoms with Gasteiger partial charge in [0.2, 0.25) is 5.91 Å². The third-order valence-corrected chi connectivity index (χ3v) is 5.50. The number of carbonyl (C=O) groups excluding carboxylic acids is 1. The molecular formula is C17H19ClN2O2S. The smallest absolute Gasteiger partial charge is 0.242 e. The number of thiophene rings is 1. The van der Waals surface area contributed by atoms with E-state index in [0.29, 0.717) is 17.3 Å². The first-order valence-electron chi connectivity index (χ1n) is 7.49. The molecule has 2 heterocycles. The molecule has 3 rings (SSSR count). The minimum absolute atomic E-state index is 0.0940. The average molecular weight is 351 g/mol. The van der Waals surface area contributed by atoms with Gasteiger partial charge in [0.15, 0.2) is 0 Å². The second kappa shape index (κ2) is 6.81. The van der Waals surface area contributed by atoms with Crippen LogP contribution in [0.25, 0.3) is 0 Å². The zero-order valence-corrected chi connectivity index (χ0v) is 14.8. The molecule has 0 atom stereocenters. The van der Waals surface area contributed by atoms with Gasteiger partial charge in [-0.3, -0.25) is 4.79 Å². The van der Waals surface area contributed by atoms with Crippen molar-refractivity contribution in [3.05, 3.63) is 44.6 Å².